The van der Waals surface area contributed by atoms with Gasteiger partial charge in [-0.25, -0.2) is 0 Å². The first kappa shape index (κ1) is 8.16. The standard InChI is InChI=1S/C7H11NO/c1-6(7(2)9)4-3-5-8/h6H,3-4H2,1-2H3/t6-/m1/s1. The molecular formula is C7H11NO. The third-order valence-corrected chi connectivity index (χ3v) is 1.38. The molecule has 0 saturated carbocycles. The molecule has 50 valence electrons. The molecule has 0 fully saturated rings. The fourth-order valence-electron chi connectivity index (χ4n) is 0.484. The second-order valence-corrected chi connectivity index (χ2v) is 2.21. The average molecular weight is 125 g/mol. The van der Waals surface area contributed by atoms with Gasteiger partial charge in [0.25, 0.3) is 0 Å². The van der Waals surface area contributed by atoms with Gasteiger partial charge < -0.3 is 0 Å². The predicted molar refractivity (Wildman–Crippen MR) is 34.7 cm³/mol. The second-order valence-electron chi connectivity index (χ2n) is 2.21. The van der Waals surface area contributed by atoms with Crippen LogP contribution in [0.1, 0.15) is 26.7 Å². The molecule has 0 aliphatic heterocycles. The summed E-state index contributed by atoms with van der Waals surface area (Å²) in [4.78, 5) is 10.5. The number of carbonyl (C=O) groups excluding carboxylic acids is 1. The van der Waals surface area contributed by atoms with Gasteiger partial charge in [-0.2, -0.15) is 5.26 Å². The van der Waals surface area contributed by atoms with Crippen LogP contribution < -0.4 is 0 Å². The highest BCUT2D eigenvalue weighted by molar-refractivity contribution is 5.77. The summed E-state index contributed by atoms with van der Waals surface area (Å²) in [5.74, 6) is 0.231. The van der Waals surface area contributed by atoms with Crippen molar-refractivity contribution in [1.82, 2.24) is 0 Å². The van der Waals surface area contributed by atoms with Crippen LogP contribution >= 0.6 is 0 Å². The molecule has 2 heteroatoms. The van der Waals surface area contributed by atoms with E-state index in [4.69, 9.17) is 5.26 Å². The number of hydrogen-bond donors (Lipinski definition) is 0. The van der Waals surface area contributed by atoms with E-state index in [2.05, 4.69) is 0 Å². The van der Waals surface area contributed by atoms with Crippen LogP contribution in [0.15, 0.2) is 0 Å². The van der Waals surface area contributed by atoms with Gasteiger partial charge in [0.1, 0.15) is 5.78 Å². The number of ketones is 1. The lowest BCUT2D eigenvalue weighted by Gasteiger charge is -2.00. The quantitative estimate of drug-likeness (QED) is 0.573. The largest absolute Gasteiger partial charge is 0.300 e. The maximum atomic E-state index is 10.5. The zero-order valence-electron chi connectivity index (χ0n) is 5.85. The van der Waals surface area contributed by atoms with Crippen LogP contribution in [0.3, 0.4) is 0 Å². The van der Waals surface area contributed by atoms with E-state index in [-0.39, 0.29) is 11.7 Å². The van der Waals surface area contributed by atoms with Gasteiger partial charge in [-0.3, -0.25) is 4.79 Å². The van der Waals surface area contributed by atoms with E-state index in [9.17, 15) is 4.79 Å². The van der Waals surface area contributed by atoms with Crippen molar-refractivity contribution in [3.8, 4) is 6.07 Å². The Bertz CT molecular complexity index is 134. The molecule has 0 N–H and O–H groups in total. The molecule has 0 unspecified atom stereocenters. The van der Waals surface area contributed by atoms with E-state index >= 15 is 0 Å². The van der Waals surface area contributed by atoms with Gasteiger partial charge in [0.05, 0.1) is 6.07 Å². The molecule has 0 radical (unpaired) electrons. The van der Waals surface area contributed by atoms with Gasteiger partial charge in [0.15, 0.2) is 0 Å². The summed E-state index contributed by atoms with van der Waals surface area (Å²) in [7, 11) is 0. The Balaban J connectivity index is 3.41. The van der Waals surface area contributed by atoms with E-state index in [1.54, 1.807) is 6.92 Å². The minimum Gasteiger partial charge on any atom is -0.300 e. The number of Topliss-reactive ketones (excluding diaryl/α,β-unsaturated/α-hetero) is 1. The Morgan fingerprint density at radius 3 is 2.67 bits per heavy atom. The molecule has 0 spiro atoms. The van der Waals surface area contributed by atoms with Crippen LogP contribution in [-0.2, 0) is 4.79 Å². The summed E-state index contributed by atoms with van der Waals surface area (Å²) < 4.78 is 0. The molecule has 0 heterocycles. The summed E-state index contributed by atoms with van der Waals surface area (Å²) in [5, 5.41) is 8.14. The molecule has 9 heavy (non-hydrogen) atoms. The van der Waals surface area contributed by atoms with Crippen molar-refractivity contribution in [1.29, 1.82) is 5.26 Å². The van der Waals surface area contributed by atoms with E-state index < -0.39 is 0 Å². The van der Waals surface area contributed by atoms with Crippen molar-refractivity contribution < 1.29 is 4.79 Å². The lowest BCUT2D eigenvalue weighted by molar-refractivity contribution is -0.120. The fraction of sp³-hybridized carbons (Fsp3) is 0.714. The van der Waals surface area contributed by atoms with Crippen LogP contribution in [0.2, 0.25) is 0 Å². The van der Waals surface area contributed by atoms with Gasteiger partial charge in [-0.05, 0) is 13.3 Å². The minimum atomic E-state index is 0.0599. The maximum absolute atomic E-state index is 10.5. The van der Waals surface area contributed by atoms with Crippen LogP contribution in [0.5, 0.6) is 0 Å². The Labute approximate surface area is 55.5 Å². The molecule has 0 rings (SSSR count). The SMILES string of the molecule is CC(=O)[C@H](C)CCC#N. The van der Waals surface area contributed by atoms with Crippen molar-refractivity contribution in [2.75, 3.05) is 0 Å². The Kier molecular flexibility index (Phi) is 3.70. The highest BCUT2D eigenvalue weighted by Gasteiger charge is 2.05. The summed E-state index contributed by atoms with van der Waals surface area (Å²) in [6, 6.07) is 2.00. The van der Waals surface area contributed by atoms with Crippen molar-refractivity contribution >= 4 is 5.78 Å². The van der Waals surface area contributed by atoms with E-state index in [0.29, 0.717) is 12.8 Å². The number of hydrogen-bond acceptors (Lipinski definition) is 2. The van der Waals surface area contributed by atoms with Crippen LogP contribution in [0.4, 0.5) is 0 Å². The molecule has 0 aromatic carbocycles. The molecule has 0 aromatic heterocycles. The third-order valence-electron chi connectivity index (χ3n) is 1.38. The highest BCUT2D eigenvalue weighted by Crippen LogP contribution is 2.04. The first-order chi connectivity index (χ1) is 4.18. The summed E-state index contributed by atoms with van der Waals surface area (Å²) in [5.41, 5.74) is 0. The van der Waals surface area contributed by atoms with Gasteiger partial charge >= 0.3 is 0 Å². The number of rotatable bonds is 3. The summed E-state index contributed by atoms with van der Waals surface area (Å²) >= 11 is 0. The van der Waals surface area contributed by atoms with Crippen molar-refractivity contribution in [2.24, 2.45) is 5.92 Å². The monoisotopic (exact) mass is 125 g/mol. The second kappa shape index (κ2) is 4.08. The van der Waals surface area contributed by atoms with Crippen molar-refractivity contribution in [3.63, 3.8) is 0 Å². The molecule has 2 nitrogen and oxygen atoms in total. The first-order valence-corrected chi connectivity index (χ1v) is 3.06. The maximum Gasteiger partial charge on any atom is 0.132 e. The summed E-state index contributed by atoms with van der Waals surface area (Å²) in [6.45, 7) is 3.40. The average Bonchev–Trinajstić information content (AvgIpc) is 1.82. The number of carbonyl (C=O) groups is 1. The fourth-order valence-corrected chi connectivity index (χ4v) is 0.484. The van der Waals surface area contributed by atoms with Crippen molar-refractivity contribution in [2.45, 2.75) is 26.7 Å². The topological polar surface area (TPSA) is 40.9 Å². The molecule has 1 atom stereocenters. The zero-order valence-corrected chi connectivity index (χ0v) is 5.85. The van der Waals surface area contributed by atoms with E-state index in [1.165, 1.54) is 0 Å². The van der Waals surface area contributed by atoms with Crippen molar-refractivity contribution in [3.05, 3.63) is 0 Å². The molecule has 0 aliphatic carbocycles. The lowest BCUT2D eigenvalue weighted by Crippen LogP contribution is -2.04. The van der Waals surface area contributed by atoms with Gasteiger partial charge in [-0.15, -0.1) is 0 Å². The van der Waals surface area contributed by atoms with Crippen LogP contribution in [0, 0.1) is 17.2 Å². The van der Waals surface area contributed by atoms with Crippen LogP contribution in [-0.4, -0.2) is 5.78 Å². The number of nitriles is 1. The zero-order chi connectivity index (χ0) is 7.28. The van der Waals surface area contributed by atoms with Crippen LogP contribution in [0.25, 0.3) is 0 Å². The smallest absolute Gasteiger partial charge is 0.132 e. The Morgan fingerprint density at radius 1 is 1.78 bits per heavy atom. The molecule has 0 saturated heterocycles. The lowest BCUT2D eigenvalue weighted by atomic mass is 10.0. The van der Waals surface area contributed by atoms with Gasteiger partial charge in [0, 0.05) is 12.3 Å². The summed E-state index contributed by atoms with van der Waals surface area (Å²) in [6.07, 6.45) is 1.19. The van der Waals surface area contributed by atoms with Gasteiger partial charge in [0.2, 0.25) is 0 Å². The number of nitrogens with zero attached hydrogens (tertiary/aromatic N) is 1. The molecule has 0 bridgehead atoms. The normalized spacial score (nSPS) is 12.1. The minimum absolute atomic E-state index is 0.0599. The Hall–Kier alpha value is -0.840. The third kappa shape index (κ3) is 3.72. The van der Waals surface area contributed by atoms with Gasteiger partial charge in [-0.1, -0.05) is 6.92 Å². The molecular weight excluding hydrogens is 114 g/mol. The predicted octanol–water partition coefficient (Wildman–Crippen LogP) is 1.52. The highest BCUT2D eigenvalue weighted by atomic mass is 16.1. The molecule has 0 aromatic rings. The van der Waals surface area contributed by atoms with E-state index in [0.717, 1.165) is 0 Å². The molecule has 0 aliphatic rings. The Morgan fingerprint density at radius 2 is 2.33 bits per heavy atom. The molecule has 0 amide bonds. The first-order valence-electron chi connectivity index (χ1n) is 3.06. The van der Waals surface area contributed by atoms with E-state index in [1.807, 2.05) is 13.0 Å².